The van der Waals surface area contributed by atoms with Crippen LogP contribution in [0.25, 0.3) is 0 Å². The van der Waals surface area contributed by atoms with Crippen LogP contribution < -0.4 is 9.47 Å². The smallest absolute Gasteiger partial charge is 0.448 e. The van der Waals surface area contributed by atoms with E-state index >= 15 is 0 Å². The third kappa shape index (κ3) is 5.37. The van der Waals surface area contributed by atoms with Gasteiger partial charge in [0, 0.05) is 6.08 Å². The minimum absolute atomic E-state index is 0.309. The fourth-order valence-corrected chi connectivity index (χ4v) is 2.54. The summed E-state index contributed by atoms with van der Waals surface area (Å²) >= 11 is 0. The number of rotatable bonds is 6. The zero-order valence-corrected chi connectivity index (χ0v) is 14.8. The maximum absolute atomic E-state index is 13.6. The van der Waals surface area contributed by atoms with Crippen molar-refractivity contribution < 1.29 is 36.2 Å². The average molecular weight is 410 g/mol. The van der Waals surface area contributed by atoms with E-state index in [1.807, 2.05) is 0 Å². The van der Waals surface area contributed by atoms with Gasteiger partial charge in [-0.25, -0.2) is 0 Å². The molecule has 2 aromatic carbocycles. The molecular weight excluding hydrogens is 395 g/mol. The van der Waals surface area contributed by atoms with E-state index in [4.69, 9.17) is 9.47 Å². The second-order valence-electron chi connectivity index (χ2n) is 6.00. The third-order valence-electron chi connectivity index (χ3n) is 3.76. The summed E-state index contributed by atoms with van der Waals surface area (Å²) in [6.07, 6.45) is -1.74. The van der Waals surface area contributed by atoms with Gasteiger partial charge >= 0.3 is 12.2 Å². The molecule has 0 unspecified atom stereocenters. The van der Waals surface area contributed by atoms with Crippen molar-refractivity contribution in [2.45, 2.75) is 18.4 Å². The Hall–Kier alpha value is -3.29. The summed E-state index contributed by atoms with van der Waals surface area (Å²) in [5.41, 5.74) is 0. The summed E-state index contributed by atoms with van der Waals surface area (Å²) in [6, 6.07) is 14.6. The quantitative estimate of drug-likeness (QED) is 0.315. The molecule has 0 aliphatic heterocycles. The van der Waals surface area contributed by atoms with Crippen molar-refractivity contribution in [1.29, 1.82) is 0 Å². The number of halogens is 5. The Bertz CT molecular complexity index is 877. The number of allylic oxidation sites excluding steroid dienone is 3. The summed E-state index contributed by atoms with van der Waals surface area (Å²) < 4.78 is 80.0. The van der Waals surface area contributed by atoms with Gasteiger partial charge in [0.25, 0.3) is 11.6 Å². The summed E-state index contributed by atoms with van der Waals surface area (Å²) in [6.45, 7) is 0. The van der Waals surface area contributed by atoms with E-state index in [1.54, 1.807) is 60.7 Å². The van der Waals surface area contributed by atoms with Crippen LogP contribution in [0, 0.1) is 0 Å². The molecule has 0 N–H and O–H groups in total. The molecule has 0 atom stereocenters. The van der Waals surface area contributed by atoms with Crippen LogP contribution in [0.5, 0.6) is 11.5 Å². The van der Waals surface area contributed by atoms with E-state index in [1.165, 1.54) is 18.2 Å². The normalized spacial score (nSPS) is 16.5. The standard InChI is InChI=1S/C21H15F5O3/c22-18(21(24,25)26)19(23)27-17-12-7-13-20(14-17,28-15-8-3-1-4-9-15)29-16-10-5-2-6-11-16/h1-13H,14H2/b19-18-. The molecule has 1 aliphatic carbocycles. The Morgan fingerprint density at radius 2 is 1.34 bits per heavy atom. The summed E-state index contributed by atoms with van der Waals surface area (Å²) in [5.74, 6) is -4.02. The molecule has 0 aromatic heterocycles. The second-order valence-corrected chi connectivity index (χ2v) is 6.00. The lowest BCUT2D eigenvalue weighted by Gasteiger charge is -2.34. The Balaban J connectivity index is 1.87. The van der Waals surface area contributed by atoms with Crippen LogP contribution in [0.3, 0.4) is 0 Å². The molecule has 0 amide bonds. The first kappa shape index (κ1) is 20.4. The number of benzene rings is 2. The average Bonchev–Trinajstić information content (AvgIpc) is 2.68. The first-order chi connectivity index (χ1) is 13.8. The van der Waals surface area contributed by atoms with Gasteiger partial charge in [0.1, 0.15) is 17.3 Å². The van der Waals surface area contributed by atoms with Crippen molar-refractivity contribution in [1.82, 2.24) is 0 Å². The first-order valence-corrected chi connectivity index (χ1v) is 8.44. The van der Waals surface area contributed by atoms with Crippen molar-refractivity contribution >= 4 is 0 Å². The lowest BCUT2D eigenvalue weighted by Crippen LogP contribution is -2.42. The molecule has 0 saturated heterocycles. The highest BCUT2D eigenvalue weighted by Gasteiger charge is 2.41. The largest absolute Gasteiger partial charge is 0.449 e. The molecule has 0 heterocycles. The Morgan fingerprint density at radius 1 is 0.828 bits per heavy atom. The molecule has 8 heteroatoms. The third-order valence-corrected chi connectivity index (χ3v) is 3.76. The lowest BCUT2D eigenvalue weighted by atomic mass is 10.1. The topological polar surface area (TPSA) is 27.7 Å². The molecule has 0 fully saturated rings. The summed E-state index contributed by atoms with van der Waals surface area (Å²) in [4.78, 5) is 0. The van der Waals surface area contributed by atoms with Crippen LogP contribution in [0.1, 0.15) is 6.42 Å². The van der Waals surface area contributed by atoms with Crippen LogP contribution in [-0.2, 0) is 4.74 Å². The van der Waals surface area contributed by atoms with Crippen molar-refractivity contribution in [2.75, 3.05) is 0 Å². The molecule has 2 aromatic rings. The lowest BCUT2D eigenvalue weighted by molar-refractivity contribution is -0.116. The van der Waals surface area contributed by atoms with Crippen molar-refractivity contribution in [3.8, 4) is 11.5 Å². The highest BCUT2D eigenvalue weighted by atomic mass is 19.4. The number of ether oxygens (including phenoxy) is 3. The van der Waals surface area contributed by atoms with Gasteiger partial charge in [-0.05, 0) is 30.3 Å². The maximum Gasteiger partial charge on any atom is 0.449 e. The highest BCUT2D eigenvalue weighted by molar-refractivity contribution is 5.30. The minimum atomic E-state index is -5.49. The van der Waals surface area contributed by atoms with Crippen LogP contribution in [0.4, 0.5) is 22.0 Å². The number of hydrogen-bond donors (Lipinski definition) is 0. The van der Waals surface area contributed by atoms with Gasteiger partial charge in [0.05, 0.1) is 6.42 Å². The van der Waals surface area contributed by atoms with E-state index in [2.05, 4.69) is 4.74 Å². The predicted octanol–water partition coefficient (Wildman–Crippen LogP) is 6.37. The molecule has 0 saturated carbocycles. The zero-order chi connectivity index (χ0) is 20.9. The minimum Gasteiger partial charge on any atom is -0.448 e. The van der Waals surface area contributed by atoms with Gasteiger partial charge in [-0.1, -0.05) is 42.5 Å². The fourth-order valence-electron chi connectivity index (χ4n) is 2.54. The SMILES string of the molecule is F/C(OC1=CC=CC(Oc2ccccc2)(Oc2ccccc2)C1)=C(/F)C(F)(F)F. The maximum atomic E-state index is 13.6. The first-order valence-electron chi connectivity index (χ1n) is 8.44. The van der Waals surface area contributed by atoms with Gasteiger partial charge in [-0.15, -0.1) is 0 Å². The second kappa shape index (κ2) is 8.38. The number of alkyl halides is 3. The number of para-hydroxylation sites is 2. The van der Waals surface area contributed by atoms with E-state index in [0.29, 0.717) is 11.5 Å². The van der Waals surface area contributed by atoms with Crippen LogP contribution in [-0.4, -0.2) is 12.0 Å². The Morgan fingerprint density at radius 3 is 1.83 bits per heavy atom. The molecule has 0 radical (unpaired) electrons. The van der Waals surface area contributed by atoms with Crippen molar-refractivity contribution in [3.05, 3.63) is 96.5 Å². The Labute approximate surface area is 163 Å². The monoisotopic (exact) mass is 410 g/mol. The van der Waals surface area contributed by atoms with Gasteiger partial charge in [-0.3, -0.25) is 0 Å². The van der Waals surface area contributed by atoms with Crippen LogP contribution in [0.2, 0.25) is 0 Å². The van der Waals surface area contributed by atoms with Crippen molar-refractivity contribution in [2.24, 2.45) is 0 Å². The zero-order valence-electron chi connectivity index (χ0n) is 14.8. The van der Waals surface area contributed by atoms with Gasteiger partial charge in [0.15, 0.2) is 0 Å². The highest BCUT2D eigenvalue weighted by Crippen LogP contribution is 2.36. The summed E-state index contributed by atoms with van der Waals surface area (Å²) in [7, 11) is 0. The molecular formula is C21H15F5O3. The molecule has 1 aliphatic rings. The van der Waals surface area contributed by atoms with Crippen LogP contribution in [0.15, 0.2) is 96.5 Å². The summed E-state index contributed by atoms with van der Waals surface area (Å²) in [5, 5.41) is 0. The van der Waals surface area contributed by atoms with Gasteiger partial charge in [-0.2, -0.15) is 22.0 Å². The molecule has 0 bridgehead atoms. The fraction of sp³-hybridized carbons (Fsp3) is 0.143. The van der Waals surface area contributed by atoms with E-state index < -0.39 is 23.8 Å². The Kier molecular flexibility index (Phi) is 5.91. The molecule has 3 nitrogen and oxygen atoms in total. The number of hydrogen-bond acceptors (Lipinski definition) is 3. The predicted molar refractivity (Wildman–Crippen MR) is 95.1 cm³/mol. The van der Waals surface area contributed by atoms with Crippen molar-refractivity contribution in [3.63, 3.8) is 0 Å². The van der Waals surface area contributed by atoms with Crippen LogP contribution >= 0.6 is 0 Å². The molecule has 29 heavy (non-hydrogen) atoms. The van der Waals surface area contributed by atoms with Gasteiger partial charge < -0.3 is 14.2 Å². The van der Waals surface area contributed by atoms with Gasteiger partial charge in [0.2, 0.25) is 0 Å². The van der Waals surface area contributed by atoms with E-state index in [0.717, 1.165) is 0 Å². The molecule has 0 spiro atoms. The van der Waals surface area contributed by atoms with E-state index in [9.17, 15) is 22.0 Å². The molecule has 3 rings (SSSR count). The molecule has 152 valence electrons. The van der Waals surface area contributed by atoms with E-state index in [-0.39, 0.29) is 12.2 Å².